The zero-order chi connectivity index (χ0) is 41.0. The molecule has 6 nitrogen and oxygen atoms in total. The molecular weight excluding hydrogens is 695 g/mol. The SMILES string of the molecule is CCCCCCCC/C=C\CCCCCCCCC(O)C(=O)NC(CO)C(O)C(O)CCC/C=C/CCCCCCCCCCCCCCCCCCCCC. The smallest absolute Gasteiger partial charge is 0.249 e. The van der Waals surface area contributed by atoms with Crippen molar-refractivity contribution >= 4 is 5.91 Å². The van der Waals surface area contributed by atoms with Gasteiger partial charge in [0.2, 0.25) is 5.91 Å². The molecule has 5 N–H and O–H groups in total. The maximum Gasteiger partial charge on any atom is 0.249 e. The van der Waals surface area contributed by atoms with Crippen LogP contribution < -0.4 is 5.32 Å². The maximum atomic E-state index is 12.5. The number of allylic oxidation sites excluding steroid dienone is 4. The molecule has 0 aliphatic carbocycles. The van der Waals surface area contributed by atoms with E-state index in [1.54, 1.807) is 0 Å². The number of unbranched alkanes of at least 4 members (excludes halogenated alkanes) is 32. The minimum atomic E-state index is -1.28. The molecule has 0 aromatic rings. The standard InChI is InChI=1S/C50H97NO5/c1-3-5-7-9-11-13-15-17-19-21-22-23-24-25-26-27-28-30-31-33-35-37-39-41-43-47(53)49(55)46(45-52)51-50(56)48(54)44-42-40-38-36-34-32-29-20-18-16-14-12-10-8-6-4-2/h18,20,35,37,46-49,52-55H,3-17,19,21-34,36,38-45H2,1-2H3,(H,51,56)/b20-18-,37-35+. The van der Waals surface area contributed by atoms with E-state index in [2.05, 4.69) is 43.5 Å². The second-order valence-electron chi connectivity index (χ2n) is 17.2. The summed E-state index contributed by atoms with van der Waals surface area (Å²) in [6.07, 6.45) is 52.3. The monoisotopic (exact) mass is 792 g/mol. The van der Waals surface area contributed by atoms with E-state index in [1.807, 2.05) is 0 Å². The van der Waals surface area contributed by atoms with Crippen LogP contribution in [0.5, 0.6) is 0 Å². The lowest BCUT2D eigenvalue weighted by Crippen LogP contribution is -2.53. The van der Waals surface area contributed by atoms with Crippen LogP contribution in [-0.4, -0.2) is 57.3 Å². The summed E-state index contributed by atoms with van der Waals surface area (Å²) in [5.74, 6) is -0.596. The first-order chi connectivity index (χ1) is 27.5. The molecule has 0 saturated heterocycles. The fourth-order valence-corrected chi connectivity index (χ4v) is 7.69. The number of carbonyl (C=O) groups excluding carboxylic acids is 1. The molecule has 56 heavy (non-hydrogen) atoms. The molecule has 0 fully saturated rings. The number of aliphatic hydroxyl groups is 4. The van der Waals surface area contributed by atoms with Crippen LogP contribution >= 0.6 is 0 Å². The van der Waals surface area contributed by atoms with Crippen LogP contribution in [0.2, 0.25) is 0 Å². The third-order valence-electron chi connectivity index (χ3n) is 11.6. The summed E-state index contributed by atoms with van der Waals surface area (Å²) >= 11 is 0. The summed E-state index contributed by atoms with van der Waals surface area (Å²) in [6.45, 7) is 4.05. The number of aliphatic hydroxyl groups excluding tert-OH is 4. The van der Waals surface area contributed by atoms with Crippen molar-refractivity contribution in [3.05, 3.63) is 24.3 Å². The van der Waals surface area contributed by atoms with Gasteiger partial charge in [-0.15, -0.1) is 0 Å². The van der Waals surface area contributed by atoms with Crippen molar-refractivity contribution in [2.75, 3.05) is 6.61 Å². The number of rotatable bonds is 45. The highest BCUT2D eigenvalue weighted by Crippen LogP contribution is 2.16. The molecule has 4 atom stereocenters. The first kappa shape index (κ1) is 54.8. The van der Waals surface area contributed by atoms with Crippen LogP contribution in [0.1, 0.15) is 258 Å². The summed E-state index contributed by atoms with van der Waals surface area (Å²) in [4.78, 5) is 12.5. The zero-order valence-electron chi connectivity index (χ0n) is 37.4. The molecule has 0 aromatic heterocycles. The van der Waals surface area contributed by atoms with Gasteiger partial charge in [-0.3, -0.25) is 4.79 Å². The van der Waals surface area contributed by atoms with Gasteiger partial charge in [0.25, 0.3) is 0 Å². The van der Waals surface area contributed by atoms with Gasteiger partial charge >= 0.3 is 0 Å². The summed E-state index contributed by atoms with van der Waals surface area (Å²) in [6, 6.07) is -1.00. The van der Waals surface area contributed by atoms with E-state index >= 15 is 0 Å². The van der Waals surface area contributed by atoms with Crippen LogP contribution in [0.15, 0.2) is 24.3 Å². The number of hydrogen-bond acceptors (Lipinski definition) is 5. The average molecular weight is 792 g/mol. The lowest BCUT2D eigenvalue weighted by atomic mass is 10.00. The molecule has 0 saturated carbocycles. The van der Waals surface area contributed by atoms with Crippen molar-refractivity contribution in [3.8, 4) is 0 Å². The van der Waals surface area contributed by atoms with Gasteiger partial charge in [-0.05, 0) is 64.2 Å². The predicted molar refractivity (Wildman–Crippen MR) is 242 cm³/mol. The van der Waals surface area contributed by atoms with Crippen molar-refractivity contribution in [1.82, 2.24) is 5.32 Å². The summed E-state index contributed by atoms with van der Waals surface area (Å²) in [5, 5.41) is 43.8. The number of amides is 1. The summed E-state index contributed by atoms with van der Waals surface area (Å²) in [7, 11) is 0. The van der Waals surface area contributed by atoms with Crippen LogP contribution in [-0.2, 0) is 4.79 Å². The van der Waals surface area contributed by atoms with E-state index in [4.69, 9.17) is 0 Å². The lowest BCUT2D eigenvalue weighted by molar-refractivity contribution is -0.132. The maximum absolute atomic E-state index is 12.5. The largest absolute Gasteiger partial charge is 0.394 e. The fraction of sp³-hybridized carbons (Fsp3) is 0.900. The van der Waals surface area contributed by atoms with Crippen LogP contribution in [0.25, 0.3) is 0 Å². The Hall–Kier alpha value is -1.21. The van der Waals surface area contributed by atoms with Crippen LogP contribution in [0.4, 0.5) is 0 Å². The van der Waals surface area contributed by atoms with Crippen LogP contribution in [0.3, 0.4) is 0 Å². The third kappa shape index (κ3) is 38.3. The van der Waals surface area contributed by atoms with Crippen molar-refractivity contribution in [3.63, 3.8) is 0 Å². The van der Waals surface area contributed by atoms with E-state index in [9.17, 15) is 25.2 Å². The van der Waals surface area contributed by atoms with E-state index in [0.29, 0.717) is 12.8 Å². The molecule has 0 bridgehead atoms. The highest BCUT2D eigenvalue weighted by molar-refractivity contribution is 5.80. The Bertz CT molecular complexity index is 847. The molecular formula is C50H97NO5. The van der Waals surface area contributed by atoms with Gasteiger partial charge in [-0.2, -0.15) is 0 Å². The average Bonchev–Trinajstić information content (AvgIpc) is 3.20. The Kier molecular flexibility index (Phi) is 43.9. The van der Waals surface area contributed by atoms with E-state index in [0.717, 1.165) is 44.9 Å². The molecule has 0 rings (SSSR count). The quantitative estimate of drug-likeness (QED) is 0.0312. The molecule has 4 unspecified atom stereocenters. The van der Waals surface area contributed by atoms with Crippen molar-refractivity contribution < 1.29 is 25.2 Å². The molecule has 0 aliphatic heterocycles. The molecule has 0 heterocycles. The normalized spacial score (nSPS) is 14.2. The summed E-state index contributed by atoms with van der Waals surface area (Å²) < 4.78 is 0. The Labute approximate surface area is 348 Å². The molecule has 0 spiro atoms. The van der Waals surface area contributed by atoms with Gasteiger partial charge in [0.05, 0.1) is 18.8 Å². The van der Waals surface area contributed by atoms with Gasteiger partial charge in [0.1, 0.15) is 12.2 Å². The van der Waals surface area contributed by atoms with Crippen molar-refractivity contribution in [2.45, 2.75) is 282 Å². The molecule has 0 radical (unpaired) electrons. The van der Waals surface area contributed by atoms with E-state index in [-0.39, 0.29) is 0 Å². The Morgan fingerprint density at radius 3 is 1.07 bits per heavy atom. The van der Waals surface area contributed by atoms with Gasteiger partial charge in [0, 0.05) is 0 Å². The van der Waals surface area contributed by atoms with Crippen molar-refractivity contribution in [1.29, 1.82) is 0 Å². The topological polar surface area (TPSA) is 110 Å². The highest BCUT2D eigenvalue weighted by Gasteiger charge is 2.28. The first-order valence-electron chi connectivity index (χ1n) is 24.7. The van der Waals surface area contributed by atoms with Gasteiger partial charge in [-0.1, -0.05) is 218 Å². The van der Waals surface area contributed by atoms with Gasteiger partial charge < -0.3 is 25.7 Å². The fourth-order valence-electron chi connectivity index (χ4n) is 7.69. The van der Waals surface area contributed by atoms with Gasteiger partial charge in [0.15, 0.2) is 0 Å². The summed E-state index contributed by atoms with van der Waals surface area (Å²) in [5.41, 5.74) is 0. The number of nitrogens with one attached hydrogen (secondary N) is 1. The minimum Gasteiger partial charge on any atom is -0.394 e. The lowest BCUT2D eigenvalue weighted by Gasteiger charge is -2.27. The molecule has 0 aromatic carbocycles. The Balaban J connectivity index is 3.70. The van der Waals surface area contributed by atoms with Gasteiger partial charge in [-0.25, -0.2) is 0 Å². The highest BCUT2D eigenvalue weighted by atomic mass is 16.3. The third-order valence-corrected chi connectivity index (χ3v) is 11.6. The predicted octanol–water partition coefficient (Wildman–Crippen LogP) is 13.5. The molecule has 1 amide bonds. The molecule has 6 heteroatoms. The molecule has 332 valence electrons. The first-order valence-corrected chi connectivity index (χ1v) is 24.7. The zero-order valence-corrected chi connectivity index (χ0v) is 37.4. The van der Waals surface area contributed by atoms with Crippen molar-refractivity contribution in [2.24, 2.45) is 0 Å². The molecule has 0 aliphatic rings. The van der Waals surface area contributed by atoms with Crippen LogP contribution in [0, 0.1) is 0 Å². The Morgan fingerprint density at radius 1 is 0.429 bits per heavy atom. The Morgan fingerprint density at radius 2 is 0.732 bits per heavy atom. The minimum absolute atomic E-state index is 0.357. The van der Waals surface area contributed by atoms with E-state index < -0.39 is 36.9 Å². The number of hydrogen-bond donors (Lipinski definition) is 5. The second-order valence-corrected chi connectivity index (χ2v) is 17.2. The second kappa shape index (κ2) is 44.9. The number of carbonyl (C=O) groups is 1. The van der Waals surface area contributed by atoms with E-state index in [1.165, 1.54) is 186 Å².